The number of para-hydroxylation sites is 1. The van der Waals surface area contributed by atoms with Crippen LogP contribution in [-0.2, 0) is 0 Å². The molecule has 0 heterocycles. The summed E-state index contributed by atoms with van der Waals surface area (Å²) in [4.78, 5) is 0. The molecule has 0 amide bonds. The third-order valence-electron chi connectivity index (χ3n) is 2.04. The molecule has 0 bridgehead atoms. The van der Waals surface area contributed by atoms with E-state index in [4.69, 9.17) is 12.2 Å². The molecule has 1 nitrogen and oxygen atoms in total. The number of hydrogen-bond acceptors (Lipinski definition) is 2. The molecule has 0 aliphatic rings. The lowest BCUT2D eigenvalue weighted by Crippen LogP contribution is -2.07. The highest BCUT2D eigenvalue weighted by Gasteiger charge is 2.03. The van der Waals surface area contributed by atoms with Gasteiger partial charge in [-0.15, -0.1) is 6.58 Å². The summed E-state index contributed by atoms with van der Waals surface area (Å²) in [5.74, 6) is 0.844. The second-order valence-electron chi connectivity index (χ2n) is 3.28. The highest BCUT2D eigenvalue weighted by atomic mass is 32.2. The zero-order valence-electron chi connectivity index (χ0n) is 9.04. The molecule has 0 aliphatic carbocycles. The van der Waals surface area contributed by atoms with Gasteiger partial charge in [-0.2, -0.15) is 0 Å². The van der Waals surface area contributed by atoms with E-state index in [2.05, 4.69) is 43.9 Å². The molecule has 0 atom stereocenters. The Bertz CT molecular complexity index is 352. The lowest BCUT2D eigenvalue weighted by Gasteiger charge is -2.12. The van der Waals surface area contributed by atoms with Crippen molar-refractivity contribution in [3.05, 3.63) is 42.0 Å². The van der Waals surface area contributed by atoms with E-state index in [1.165, 1.54) is 11.1 Å². The zero-order chi connectivity index (χ0) is 11.3. The molecule has 0 unspecified atom stereocenters. The van der Waals surface area contributed by atoms with E-state index < -0.39 is 0 Å². The summed E-state index contributed by atoms with van der Waals surface area (Å²) in [7, 11) is 0. The van der Waals surface area contributed by atoms with Gasteiger partial charge < -0.3 is 5.32 Å². The number of anilines is 1. The van der Waals surface area contributed by atoms with Crippen LogP contribution in [0.5, 0.6) is 0 Å². The van der Waals surface area contributed by atoms with Crippen LogP contribution in [0.15, 0.2) is 30.9 Å². The van der Waals surface area contributed by atoms with Crippen molar-refractivity contribution < 1.29 is 0 Å². The van der Waals surface area contributed by atoms with Gasteiger partial charge in [0.25, 0.3) is 0 Å². The van der Waals surface area contributed by atoms with E-state index in [9.17, 15) is 0 Å². The first-order valence-corrected chi connectivity index (χ1v) is 6.15. The molecule has 0 radical (unpaired) electrons. The molecule has 1 aromatic rings. The molecule has 0 saturated heterocycles. The Kier molecular flexibility index (Phi) is 4.85. The fourth-order valence-electron chi connectivity index (χ4n) is 1.28. The maximum atomic E-state index is 5.22. The SMILES string of the molecule is C=CCSC(=S)Nc1c(C)cccc1C. The van der Waals surface area contributed by atoms with Crippen LogP contribution in [0.3, 0.4) is 0 Å². The van der Waals surface area contributed by atoms with Crippen molar-refractivity contribution in [3.8, 4) is 0 Å². The van der Waals surface area contributed by atoms with Crippen LogP contribution in [0.1, 0.15) is 11.1 Å². The van der Waals surface area contributed by atoms with Crippen molar-refractivity contribution in [2.45, 2.75) is 13.8 Å². The van der Waals surface area contributed by atoms with Gasteiger partial charge >= 0.3 is 0 Å². The van der Waals surface area contributed by atoms with E-state index in [1.807, 2.05) is 6.08 Å². The van der Waals surface area contributed by atoms with Crippen molar-refractivity contribution in [1.82, 2.24) is 0 Å². The minimum Gasteiger partial charge on any atom is -0.341 e. The summed E-state index contributed by atoms with van der Waals surface area (Å²) >= 11 is 6.82. The number of nitrogens with one attached hydrogen (secondary N) is 1. The number of hydrogen-bond donors (Lipinski definition) is 1. The molecule has 1 N–H and O–H groups in total. The van der Waals surface area contributed by atoms with E-state index >= 15 is 0 Å². The van der Waals surface area contributed by atoms with Crippen molar-refractivity contribution in [1.29, 1.82) is 0 Å². The number of rotatable bonds is 3. The van der Waals surface area contributed by atoms with Crippen LogP contribution in [0.25, 0.3) is 0 Å². The molecule has 80 valence electrons. The minimum atomic E-state index is 0.798. The summed E-state index contributed by atoms with van der Waals surface area (Å²) in [6, 6.07) is 6.21. The molecular weight excluding hydrogens is 222 g/mol. The fraction of sp³-hybridized carbons (Fsp3) is 0.250. The number of aryl methyl sites for hydroxylation is 2. The van der Waals surface area contributed by atoms with Gasteiger partial charge in [0.05, 0.1) is 0 Å². The van der Waals surface area contributed by atoms with Crippen LogP contribution in [-0.4, -0.2) is 10.1 Å². The molecule has 1 rings (SSSR count). The molecule has 15 heavy (non-hydrogen) atoms. The third-order valence-corrected chi connectivity index (χ3v) is 3.26. The highest BCUT2D eigenvalue weighted by molar-refractivity contribution is 8.23. The Labute approximate surface area is 101 Å². The fourth-order valence-corrected chi connectivity index (χ4v) is 2.03. The summed E-state index contributed by atoms with van der Waals surface area (Å²) in [6.45, 7) is 7.83. The summed E-state index contributed by atoms with van der Waals surface area (Å²) in [5, 5.41) is 3.26. The van der Waals surface area contributed by atoms with Crippen LogP contribution in [0, 0.1) is 13.8 Å². The quantitative estimate of drug-likeness (QED) is 0.632. The predicted molar refractivity (Wildman–Crippen MR) is 74.8 cm³/mol. The van der Waals surface area contributed by atoms with Gasteiger partial charge in [0.2, 0.25) is 0 Å². The standard InChI is InChI=1S/C12H15NS2/c1-4-8-15-12(14)13-11-9(2)6-5-7-10(11)3/h4-7H,1,8H2,2-3H3,(H,13,14). The van der Waals surface area contributed by atoms with Crippen molar-refractivity contribution in [3.63, 3.8) is 0 Å². The van der Waals surface area contributed by atoms with E-state index in [0.29, 0.717) is 0 Å². The maximum absolute atomic E-state index is 5.22. The van der Waals surface area contributed by atoms with Gasteiger partial charge in [-0.1, -0.05) is 48.3 Å². The largest absolute Gasteiger partial charge is 0.341 e. The van der Waals surface area contributed by atoms with Gasteiger partial charge in [0.1, 0.15) is 4.32 Å². The zero-order valence-corrected chi connectivity index (χ0v) is 10.7. The van der Waals surface area contributed by atoms with Gasteiger partial charge in [-0.3, -0.25) is 0 Å². The number of thiocarbonyl (C=S) groups is 1. The summed E-state index contributed by atoms with van der Waals surface area (Å²) in [6.07, 6.45) is 1.85. The van der Waals surface area contributed by atoms with Crippen LogP contribution < -0.4 is 5.32 Å². The summed E-state index contributed by atoms with van der Waals surface area (Å²) in [5.41, 5.74) is 3.56. The lowest BCUT2D eigenvalue weighted by atomic mass is 10.1. The monoisotopic (exact) mass is 237 g/mol. The Morgan fingerprint density at radius 3 is 2.60 bits per heavy atom. The Hall–Kier alpha value is -0.800. The number of thioether (sulfide) groups is 1. The molecule has 0 fully saturated rings. The molecular formula is C12H15NS2. The second-order valence-corrected chi connectivity index (χ2v) is 4.98. The molecule has 3 heteroatoms. The highest BCUT2D eigenvalue weighted by Crippen LogP contribution is 2.21. The van der Waals surface area contributed by atoms with Gasteiger partial charge in [-0.25, -0.2) is 0 Å². The van der Waals surface area contributed by atoms with Gasteiger partial charge in [0.15, 0.2) is 0 Å². The molecule has 1 aromatic carbocycles. The van der Waals surface area contributed by atoms with Crippen molar-refractivity contribution in [2.75, 3.05) is 11.1 Å². The van der Waals surface area contributed by atoms with E-state index in [0.717, 1.165) is 15.8 Å². The number of benzene rings is 1. The normalized spacial score (nSPS) is 9.73. The first-order chi connectivity index (χ1) is 7.15. The predicted octanol–water partition coefficient (Wildman–Crippen LogP) is 3.92. The topological polar surface area (TPSA) is 12.0 Å². The molecule has 0 aromatic heterocycles. The maximum Gasteiger partial charge on any atom is 0.138 e. The first kappa shape index (κ1) is 12.3. The molecule has 0 spiro atoms. The van der Waals surface area contributed by atoms with E-state index in [-0.39, 0.29) is 0 Å². The third kappa shape index (κ3) is 3.68. The Morgan fingerprint density at radius 1 is 1.47 bits per heavy atom. The molecule has 0 aliphatic heterocycles. The lowest BCUT2D eigenvalue weighted by molar-refractivity contribution is 1.38. The van der Waals surface area contributed by atoms with Crippen LogP contribution >= 0.6 is 24.0 Å². The van der Waals surface area contributed by atoms with E-state index in [1.54, 1.807) is 11.8 Å². The van der Waals surface area contributed by atoms with Gasteiger partial charge in [-0.05, 0) is 25.0 Å². The Morgan fingerprint density at radius 2 is 2.07 bits per heavy atom. The Balaban J connectivity index is 2.71. The van der Waals surface area contributed by atoms with Crippen molar-refractivity contribution in [2.24, 2.45) is 0 Å². The average molecular weight is 237 g/mol. The summed E-state index contributed by atoms with van der Waals surface area (Å²) < 4.78 is 0.798. The first-order valence-electron chi connectivity index (χ1n) is 4.76. The van der Waals surface area contributed by atoms with Crippen molar-refractivity contribution >= 4 is 34.0 Å². The van der Waals surface area contributed by atoms with Crippen LogP contribution in [0.2, 0.25) is 0 Å². The van der Waals surface area contributed by atoms with Gasteiger partial charge in [0, 0.05) is 11.4 Å². The van der Waals surface area contributed by atoms with Crippen LogP contribution in [0.4, 0.5) is 5.69 Å². The molecule has 0 saturated carbocycles. The average Bonchev–Trinajstić information content (AvgIpc) is 2.21. The smallest absolute Gasteiger partial charge is 0.138 e. The second kappa shape index (κ2) is 5.93. The minimum absolute atomic E-state index is 0.798.